The zero-order valence-corrected chi connectivity index (χ0v) is 20.7. The third-order valence-corrected chi connectivity index (χ3v) is 8.57. The summed E-state index contributed by atoms with van der Waals surface area (Å²) in [6, 6.07) is 17.6. The topological polar surface area (TPSA) is 78.0 Å². The Morgan fingerprint density at radius 1 is 1.03 bits per heavy atom. The first-order valence-electron chi connectivity index (χ1n) is 11.8. The lowest BCUT2D eigenvalue weighted by Crippen LogP contribution is -2.44. The normalized spacial score (nSPS) is 21.6. The predicted molar refractivity (Wildman–Crippen MR) is 133 cm³/mol. The van der Waals surface area contributed by atoms with Gasteiger partial charge in [-0.15, -0.1) is 0 Å². The molecule has 0 aliphatic carbocycles. The van der Waals surface area contributed by atoms with Gasteiger partial charge in [-0.1, -0.05) is 42.5 Å². The van der Waals surface area contributed by atoms with Gasteiger partial charge in [0.2, 0.25) is 11.8 Å². The van der Waals surface area contributed by atoms with E-state index >= 15 is 0 Å². The molecule has 7 nitrogen and oxygen atoms in total. The minimum absolute atomic E-state index is 0.00703. The molecule has 0 radical (unpaired) electrons. The number of rotatable bonds is 8. The first kappa shape index (κ1) is 24.3. The van der Waals surface area contributed by atoms with E-state index in [4.69, 9.17) is 0 Å². The number of benzene rings is 2. The number of sulfone groups is 1. The summed E-state index contributed by atoms with van der Waals surface area (Å²) in [7, 11) is 0.788. The van der Waals surface area contributed by atoms with Crippen molar-refractivity contribution < 1.29 is 18.0 Å². The number of anilines is 1. The largest absolute Gasteiger partial charge is 0.378 e. The summed E-state index contributed by atoms with van der Waals surface area (Å²) in [5.74, 6) is -0.466. The van der Waals surface area contributed by atoms with Crippen LogP contribution in [0.25, 0.3) is 0 Å². The lowest BCUT2D eigenvalue weighted by Gasteiger charge is -2.31. The van der Waals surface area contributed by atoms with Crippen LogP contribution in [-0.2, 0) is 32.4 Å². The average Bonchev–Trinajstić information content (AvgIpc) is 3.38. The van der Waals surface area contributed by atoms with Crippen molar-refractivity contribution in [1.29, 1.82) is 0 Å². The van der Waals surface area contributed by atoms with Crippen molar-refractivity contribution in [2.24, 2.45) is 5.92 Å². The third kappa shape index (κ3) is 5.78. The van der Waals surface area contributed by atoms with Crippen LogP contribution in [0.2, 0.25) is 0 Å². The number of carbonyl (C=O) groups is 2. The quantitative estimate of drug-likeness (QED) is 0.576. The SMILES string of the molecule is CN(C)c1ccc(CN(C(=O)C2CC(=O)N(CCc3ccccc3)C2)C2CCS(=O)(=O)C2)cc1. The highest BCUT2D eigenvalue weighted by molar-refractivity contribution is 7.91. The fourth-order valence-corrected chi connectivity index (χ4v) is 6.53. The Morgan fingerprint density at radius 2 is 1.74 bits per heavy atom. The van der Waals surface area contributed by atoms with Gasteiger partial charge in [0.05, 0.1) is 17.4 Å². The maximum absolute atomic E-state index is 13.6. The van der Waals surface area contributed by atoms with Gasteiger partial charge in [-0.05, 0) is 36.1 Å². The van der Waals surface area contributed by atoms with Crippen LogP contribution in [0.3, 0.4) is 0 Å². The van der Waals surface area contributed by atoms with E-state index in [0.29, 0.717) is 26.1 Å². The number of hydrogen-bond acceptors (Lipinski definition) is 5. The molecule has 2 saturated heterocycles. The van der Waals surface area contributed by atoms with E-state index in [2.05, 4.69) is 0 Å². The summed E-state index contributed by atoms with van der Waals surface area (Å²) in [5.41, 5.74) is 3.16. The Labute approximate surface area is 202 Å². The Morgan fingerprint density at radius 3 is 2.35 bits per heavy atom. The fraction of sp³-hybridized carbons (Fsp3) is 0.462. The van der Waals surface area contributed by atoms with Crippen LogP contribution >= 0.6 is 0 Å². The van der Waals surface area contributed by atoms with Crippen LogP contribution < -0.4 is 4.90 Å². The van der Waals surface area contributed by atoms with Gasteiger partial charge < -0.3 is 14.7 Å². The Bertz CT molecular complexity index is 1120. The van der Waals surface area contributed by atoms with E-state index in [1.807, 2.05) is 73.6 Å². The molecule has 8 heteroatoms. The molecule has 0 spiro atoms. The maximum Gasteiger partial charge on any atom is 0.228 e. The highest BCUT2D eigenvalue weighted by Gasteiger charge is 2.41. The van der Waals surface area contributed by atoms with Gasteiger partial charge in [0.15, 0.2) is 9.84 Å². The van der Waals surface area contributed by atoms with E-state index < -0.39 is 15.8 Å². The van der Waals surface area contributed by atoms with Gasteiger partial charge in [-0.3, -0.25) is 9.59 Å². The molecule has 2 amide bonds. The molecule has 2 aliphatic heterocycles. The number of amides is 2. The van der Waals surface area contributed by atoms with Gasteiger partial charge in [0.25, 0.3) is 0 Å². The molecule has 2 atom stereocenters. The summed E-state index contributed by atoms with van der Waals surface area (Å²) in [5, 5.41) is 0. The molecule has 2 aromatic rings. The highest BCUT2D eigenvalue weighted by Crippen LogP contribution is 2.27. The molecule has 4 rings (SSSR count). The second-order valence-electron chi connectivity index (χ2n) is 9.56. The monoisotopic (exact) mass is 483 g/mol. The molecule has 0 bridgehead atoms. The van der Waals surface area contributed by atoms with Gasteiger partial charge in [0.1, 0.15) is 0 Å². The number of nitrogens with zero attached hydrogens (tertiary/aromatic N) is 3. The lowest BCUT2D eigenvalue weighted by atomic mass is 10.0. The minimum atomic E-state index is -3.15. The summed E-state index contributed by atoms with van der Waals surface area (Å²) < 4.78 is 24.4. The Hall–Kier alpha value is -2.87. The van der Waals surface area contributed by atoms with Crippen molar-refractivity contribution in [1.82, 2.24) is 9.80 Å². The molecule has 2 aromatic carbocycles. The molecular formula is C26H33N3O4S. The van der Waals surface area contributed by atoms with Crippen molar-refractivity contribution in [3.05, 3.63) is 65.7 Å². The van der Waals surface area contributed by atoms with Crippen LogP contribution in [0.15, 0.2) is 54.6 Å². The average molecular weight is 484 g/mol. The molecule has 2 unspecified atom stereocenters. The first-order chi connectivity index (χ1) is 16.2. The second-order valence-corrected chi connectivity index (χ2v) is 11.8. The molecule has 0 saturated carbocycles. The van der Waals surface area contributed by atoms with Crippen LogP contribution in [0.1, 0.15) is 24.0 Å². The number of carbonyl (C=O) groups excluding carboxylic acids is 2. The van der Waals surface area contributed by atoms with Crippen LogP contribution in [-0.4, -0.2) is 74.8 Å². The minimum Gasteiger partial charge on any atom is -0.378 e. The first-order valence-corrected chi connectivity index (χ1v) is 13.6. The van der Waals surface area contributed by atoms with Gasteiger partial charge >= 0.3 is 0 Å². The van der Waals surface area contributed by atoms with Gasteiger partial charge in [-0.25, -0.2) is 8.42 Å². The van der Waals surface area contributed by atoms with Crippen LogP contribution in [0.5, 0.6) is 0 Å². The van der Waals surface area contributed by atoms with Gasteiger partial charge in [-0.2, -0.15) is 0 Å². The Balaban J connectivity index is 1.47. The molecule has 34 heavy (non-hydrogen) atoms. The smallest absolute Gasteiger partial charge is 0.228 e. The van der Waals surface area contributed by atoms with E-state index in [0.717, 1.165) is 23.2 Å². The molecule has 0 aromatic heterocycles. The van der Waals surface area contributed by atoms with E-state index in [1.165, 1.54) is 0 Å². The molecular weight excluding hydrogens is 450 g/mol. The zero-order chi connectivity index (χ0) is 24.3. The molecule has 2 aliphatic rings. The second kappa shape index (κ2) is 10.2. The molecule has 2 heterocycles. The Kier molecular flexibility index (Phi) is 7.26. The predicted octanol–water partition coefficient (Wildman–Crippen LogP) is 2.36. The number of hydrogen-bond donors (Lipinski definition) is 0. The standard InChI is InChI=1S/C26H33N3O4S/c1-27(2)23-10-8-21(9-11-23)17-29(24-13-15-34(32,33)19-24)26(31)22-16-25(30)28(18-22)14-12-20-6-4-3-5-7-20/h3-11,22,24H,12-19H2,1-2H3. The van der Waals surface area contributed by atoms with Crippen molar-refractivity contribution in [3.63, 3.8) is 0 Å². The summed E-state index contributed by atoms with van der Waals surface area (Å²) in [6.07, 6.45) is 1.38. The fourth-order valence-electron chi connectivity index (χ4n) is 4.80. The summed E-state index contributed by atoms with van der Waals surface area (Å²) >= 11 is 0. The van der Waals surface area contributed by atoms with Crippen LogP contribution in [0, 0.1) is 5.92 Å². The maximum atomic E-state index is 13.6. The van der Waals surface area contributed by atoms with Crippen molar-refractivity contribution in [2.75, 3.05) is 43.6 Å². The van der Waals surface area contributed by atoms with Crippen LogP contribution in [0.4, 0.5) is 5.69 Å². The van der Waals surface area contributed by atoms with Gasteiger partial charge in [0, 0.05) is 51.9 Å². The third-order valence-electron chi connectivity index (χ3n) is 6.81. The molecule has 182 valence electrons. The van der Waals surface area contributed by atoms with E-state index in [1.54, 1.807) is 9.80 Å². The summed E-state index contributed by atoms with van der Waals surface area (Å²) in [4.78, 5) is 31.8. The van der Waals surface area contributed by atoms with Crippen molar-refractivity contribution in [3.8, 4) is 0 Å². The number of likely N-dealkylation sites (tertiary alicyclic amines) is 1. The molecule has 0 N–H and O–H groups in total. The highest BCUT2D eigenvalue weighted by atomic mass is 32.2. The van der Waals surface area contributed by atoms with Crippen molar-refractivity contribution in [2.45, 2.75) is 31.8 Å². The lowest BCUT2D eigenvalue weighted by molar-refractivity contribution is -0.138. The van der Waals surface area contributed by atoms with E-state index in [9.17, 15) is 18.0 Å². The van der Waals surface area contributed by atoms with Crippen molar-refractivity contribution >= 4 is 27.3 Å². The zero-order valence-electron chi connectivity index (χ0n) is 19.9. The molecule has 2 fully saturated rings. The summed E-state index contributed by atoms with van der Waals surface area (Å²) in [6.45, 7) is 1.32. The van der Waals surface area contributed by atoms with E-state index in [-0.39, 0.29) is 35.8 Å².